The third kappa shape index (κ3) is 5.01. The minimum absolute atomic E-state index is 0.113. The van der Waals surface area contributed by atoms with E-state index in [2.05, 4.69) is 0 Å². The minimum Gasteiger partial charge on any atom is -0.481 e. The first-order valence-corrected chi connectivity index (χ1v) is 8.56. The molecule has 1 amide bonds. The maximum absolute atomic E-state index is 12.5. The summed E-state index contributed by atoms with van der Waals surface area (Å²) < 4.78 is 0.113. The van der Waals surface area contributed by atoms with Crippen LogP contribution in [0.25, 0.3) is 6.08 Å². The number of allylic oxidation sites excluding steroid dienone is 2. The maximum atomic E-state index is 12.5. The van der Waals surface area contributed by atoms with E-state index < -0.39 is 23.9 Å². The van der Waals surface area contributed by atoms with Gasteiger partial charge < -0.3 is 10.2 Å². The molecule has 2 N–H and O–H groups in total. The van der Waals surface area contributed by atoms with Gasteiger partial charge >= 0.3 is 11.9 Å². The highest BCUT2D eigenvalue weighted by molar-refractivity contribution is 8.26. The average Bonchev–Trinajstić information content (AvgIpc) is 2.83. The number of thioether (sulfide) groups is 1. The fourth-order valence-electron chi connectivity index (χ4n) is 2.20. The number of nitrogens with zero attached hydrogens (tertiary/aromatic N) is 1. The van der Waals surface area contributed by atoms with Crippen LogP contribution in [0.5, 0.6) is 0 Å². The van der Waals surface area contributed by atoms with Gasteiger partial charge in [-0.2, -0.15) is 0 Å². The van der Waals surface area contributed by atoms with Crippen LogP contribution in [0.1, 0.15) is 18.4 Å². The Hall–Kier alpha value is -2.45. The number of carbonyl (C=O) groups excluding carboxylic acids is 1. The van der Waals surface area contributed by atoms with Crippen molar-refractivity contribution in [2.24, 2.45) is 0 Å². The zero-order valence-electron chi connectivity index (χ0n) is 13.0. The van der Waals surface area contributed by atoms with Crippen LogP contribution in [0, 0.1) is 0 Å². The van der Waals surface area contributed by atoms with Crippen molar-refractivity contribution in [3.63, 3.8) is 0 Å². The molecule has 1 aromatic rings. The van der Waals surface area contributed by atoms with Gasteiger partial charge in [0, 0.05) is 6.42 Å². The van der Waals surface area contributed by atoms with Gasteiger partial charge in [-0.05, 0) is 18.1 Å². The number of aliphatic carboxylic acids is 2. The largest absolute Gasteiger partial charge is 0.481 e. The number of carboxylic acid groups (broad SMARTS) is 2. The predicted octanol–water partition coefficient (Wildman–Crippen LogP) is 2.76. The van der Waals surface area contributed by atoms with Crippen molar-refractivity contribution in [3.05, 3.63) is 53.0 Å². The van der Waals surface area contributed by atoms with E-state index in [-0.39, 0.29) is 17.2 Å². The van der Waals surface area contributed by atoms with Gasteiger partial charge in [-0.25, -0.2) is 4.79 Å². The molecule has 25 heavy (non-hydrogen) atoms. The van der Waals surface area contributed by atoms with Crippen LogP contribution in [-0.2, 0) is 14.4 Å². The maximum Gasteiger partial charge on any atom is 0.326 e. The number of amides is 1. The Balaban J connectivity index is 2.14. The normalized spacial score (nSPS) is 17.4. The lowest BCUT2D eigenvalue weighted by Crippen LogP contribution is -2.44. The predicted molar refractivity (Wildman–Crippen MR) is 98.9 cm³/mol. The van der Waals surface area contributed by atoms with Crippen molar-refractivity contribution in [2.45, 2.75) is 18.9 Å². The summed E-state index contributed by atoms with van der Waals surface area (Å²) in [5.74, 6) is -2.93. The third-order valence-corrected chi connectivity index (χ3v) is 4.74. The number of carbonyl (C=O) groups is 3. The summed E-state index contributed by atoms with van der Waals surface area (Å²) in [6.07, 6.45) is 4.51. The van der Waals surface area contributed by atoms with Gasteiger partial charge in [0.15, 0.2) is 0 Å². The topological polar surface area (TPSA) is 94.9 Å². The molecule has 0 aromatic heterocycles. The van der Waals surface area contributed by atoms with Gasteiger partial charge in [0.2, 0.25) is 0 Å². The molecule has 1 aromatic carbocycles. The number of thiocarbonyl (C=S) groups is 1. The third-order valence-electron chi connectivity index (χ3n) is 3.39. The Labute approximate surface area is 153 Å². The molecular weight excluding hydrogens is 362 g/mol. The summed E-state index contributed by atoms with van der Waals surface area (Å²) in [6, 6.07) is 8.20. The number of hydrogen-bond donors (Lipinski definition) is 2. The summed E-state index contributed by atoms with van der Waals surface area (Å²) >= 11 is 6.11. The molecule has 1 aliphatic heterocycles. The Kier molecular flexibility index (Phi) is 6.49. The summed E-state index contributed by atoms with van der Waals surface area (Å²) in [5, 5.41) is 18.0. The van der Waals surface area contributed by atoms with Gasteiger partial charge in [0.25, 0.3) is 5.91 Å². The highest BCUT2D eigenvalue weighted by Crippen LogP contribution is 2.33. The van der Waals surface area contributed by atoms with Crippen molar-refractivity contribution >= 4 is 52.2 Å². The molecule has 0 bridgehead atoms. The summed E-state index contributed by atoms with van der Waals surface area (Å²) in [5.41, 5.74) is 0.957. The van der Waals surface area contributed by atoms with Gasteiger partial charge in [-0.1, -0.05) is 66.5 Å². The van der Waals surface area contributed by atoms with E-state index in [0.29, 0.717) is 4.91 Å². The molecule has 6 nitrogen and oxygen atoms in total. The molecule has 1 fully saturated rings. The average molecular weight is 377 g/mol. The molecule has 130 valence electrons. The lowest BCUT2D eigenvalue weighted by molar-refractivity contribution is -0.146. The van der Waals surface area contributed by atoms with E-state index >= 15 is 0 Å². The quantitative estimate of drug-likeness (QED) is 0.557. The van der Waals surface area contributed by atoms with Crippen LogP contribution >= 0.6 is 24.0 Å². The Morgan fingerprint density at radius 2 is 1.92 bits per heavy atom. The Morgan fingerprint density at radius 1 is 1.24 bits per heavy atom. The highest BCUT2D eigenvalue weighted by atomic mass is 32.2. The van der Waals surface area contributed by atoms with Crippen molar-refractivity contribution in [2.75, 3.05) is 0 Å². The first kappa shape index (κ1) is 18.9. The standard InChI is InChI=1S/C17H15NO5S2/c19-14(20)10-9-12(16(22)23)18-15(21)13(25-17(18)24)8-4-7-11-5-2-1-3-6-11/h1-8,12H,9-10H2,(H,19,20)(H,22,23)/b7-4+,13-8-/t12-/m1/s1. The molecule has 0 unspecified atom stereocenters. The van der Waals surface area contributed by atoms with E-state index in [4.69, 9.17) is 17.3 Å². The highest BCUT2D eigenvalue weighted by Gasteiger charge is 2.40. The zero-order valence-corrected chi connectivity index (χ0v) is 14.6. The molecule has 8 heteroatoms. The van der Waals surface area contributed by atoms with E-state index in [1.165, 1.54) is 0 Å². The van der Waals surface area contributed by atoms with E-state index in [1.54, 1.807) is 12.2 Å². The lowest BCUT2D eigenvalue weighted by atomic mass is 10.1. The summed E-state index contributed by atoms with van der Waals surface area (Å²) in [4.78, 5) is 35.8. The van der Waals surface area contributed by atoms with Gasteiger partial charge in [0.05, 0.1) is 4.91 Å². The SMILES string of the molecule is O=C(O)CC[C@H](C(=O)O)N1C(=O)/C(=C/C=C/c2ccccc2)SC1=S. The fourth-order valence-corrected chi connectivity index (χ4v) is 3.50. The molecule has 1 saturated heterocycles. The van der Waals surface area contributed by atoms with Gasteiger partial charge in [-0.15, -0.1) is 0 Å². The van der Waals surface area contributed by atoms with Gasteiger partial charge in [0.1, 0.15) is 10.4 Å². The second-order valence-electron chi connectivity index (χ2n) is 5.13. The van der Waals surface area contributed by atoms with Crippen LogP contribution in [0.2, 0.25) is 0 Å². The number of hydrogen-bond acceptors (Lipinski definition) is 5. The lowest BCUT2D eigenvalue weighted by Gasteiger charge is -2.22. The molecule has 2 rings (SSSR count). The number of benzene rings is 1. The molecule has 0 aliphatic carbocycles. The molecule has 1 atom stereocenters. The second kappa shape index (κ2) is 8.59. The van der Waals surface area contributed by atoms with E-state index in [1.807, 2.05) is 36.4 Å². The first-order chi connectivity index (χ1) is 11.9. The van der Waals surface area contributed by atoms with Crippen molar-refractivity contribution in [1.29, 1.82) is 0 Å². The Morgan fingerprint density at radius 3 is 2.52 bits per heavy atom. The zero-order chi connectivity index (χ0) is 18.4. The van der Waals surface area contributed by atoms with Crippen LogP contribution in [-0.4, -0.2) is 43.3 Å². The summed E-state index contributed by atoms with van der Waals surface area (Å²) in [7, 11) is 0. The van der Waals surface area contributed by atoms with E-state index in [9.17, 15) is 19.5 Å². The van der Waals surface area contributed by atoms with E-state index in [0.717, 1.165) is 22.2 Å². The smallest absolute Gasteiger partial charge is 0.326 e. The number of carboxylic acids is 2. The fraction of sp³-hybridized carbons (Fsp3) is 0.176. The van der Waals surface area contributed by atoms with Crippen LogP contribution in [0.3, 0.4) is 0 Å². The molecule has 0 saturated carbocycles. The molecule has 1 aliphatic rings. The van der Waals surface area contributed by atoms with Crippen LogP contribution in [0.4, 0.5) is 0 Å². The first-order valence-electron chi connectivity index (χ1n) is 7.33. The molecule has 1 heterocycles. The van der Waals surface area contributed by atoms with Crippen LogP contribution < -0.4 is 0 Å². The molecule has 0 spiro atoms. The van der Waals surface area contributed by atoms with Crippen molar-refractivity contribution in [1.82, 2.24) is 4.90 Å². The second-order valence-corrected chi connectivity index (χ2v) is 6.81. The van der Waals surface area contributed by atoms with Crippen molar-refractivity contribution in [3.8, 4) is 0 Å². The number of rotatable bonds is 7. The monoisotopic (exact) mass is 377 g/mol. The molecule has 0 radical (unpaired) electrons. The van der Waals surface area contributed by atoms with Crippen molar-refractivity contribution < 1.29 is 24.6 Å². The van der Waals surface area contributed by atoms with Crippen LogP contribution in [0.15, 0.2) is 47.4 Å². The Bertz CT molecular complexity index is 758. The molecular formula is C17H15NO5S2. The minimum atomic E-state index is -1.28. The summed E-state index contributed by atoms with van der Waals surface area (Å²) in [6.45, 7) is 0. The van der Waals surface area contributed by atoms with Gasteiger partial charge in [-0.3, -0.25) is 14.5 Å².